The average molecular weight is 356 g/mol. The molecule has 2 aliphatic heterocycles. The summed E-state index contributed by atoms with van der Waals surface area (Å²) in [6.45, 7) is 3.55. The average Bonchev–Trinajstić information content (AvgIpc) is 2.53. The van der Waals surface area contributed by atoms with Gasteiger partial charge < -0.3 is 14.5 Å². The normalized spacial score (nSPS) is 20.0. The Kier molecular flexibility index (Phi) is 4.77. The van der Waals surface area contributed by atoms with E-state index < -0.39 is 17.9 Å². The molecule has 0 aromatic heterocycles. The van der Waals surface area contributed by atoms with Gasteiger partial charge in [-0.3, -0.25) is 0 Å². The fourth-order valence-electron chi connectivity index (χ4n) is 3.41. The quantitative estimate of drug-likeness (QED) is 0.598. The smallest absolute Gasteiger partial charge is 0.380 e. The Morgan fingerprint density at radius 2 is 2.04 bits per heavy atom. The van der Waals surface area contributed by atoms with Crippen LogP contribution >= 0.6 is 0 Å². The number of allylic oxidation sites excluding steroid dienone is 2. The fraction of sp³-hybridized carbons (Fsp3) is 0.444. The molecule has 0 bridgehead atoms. The van der Waals surface area contributed by atoms with Crippen LogP contribution in [0, 0.1) is 5.82 Å². The van der Waals surface area contributed by atoms with E-state index in [4.69, 9.17) is 4.74 Å². The number of likely N-dealkylation sites (N-methyl/N-ethyl adjacent to an activating group) is 1. The number of alkyl halides is 3. The molecule has 0 aliphatic carbocycles. The van der Waals surface area contributed by atoms with Gasteiger partial charge >= 0.3 is 6.18 Å². The van der Waals surface area contributed by atoms with Crippen molar-refractivity contribution in [1.29, 1.82) is 0 Å². The van der Waals surface area contributed by atoms with Gasteiger partial charge in [-0.15, -0.1) is 0 Å². The minimum absolute atomic E-state index is 0.0445. The zero-order valence-corrected chi connectivity index (χ0v) is 14.1. The number of rotatable bonds is 4. The third kappa shape index (κ3) is 3.38. The van der Waals surface area contributed by atoms with E-state index in [1.54, 1.807) is 6.20 Å². The zero-order valence-electron chi connectivity index (χ0n) is 14.1. The summed E-state index contributed by atoms with van der Waals surface area (Å²) >= 11 is 0. The Labute approximate surface area is 144 Å². The van der Waals surface area contributed by atoms with Crippen LogP contribution in [0.15, 0.2) is 41.7 Å². The molecule has 136 valence electrons. The zero-order chi connectivity index (χ0) is 18.2. The number of ether oxygens (including phenoxy) is 1. The van der Waals surface area contributed by atoms with Crippen molar-refractivity contribution in [2.75, 3.05) is 38.3 Å². The predicted molar refractivity (Wildman–Crippen MR) is 87.8 cm³/mol. The van der Waals surface area contributed by atoms with Gasteiger partial charge in [-0.1, -0.05) is 0 Å². The molecule has 3 rings (SSSR count). The predicted octanol–water partition coefficient (Wildman–Crippen LogP) is 4.04. The van der Waals surface area contributed by atoms with Crippen LogP contribution in [-0.2, 0) is 4.74 Å². The third-order valence-electron chi connectivity index (χ3n) is 4.46. The second-order valence-corrected chi connectivity index (χ2v) is 6.16. The van der Waals surface area contributed by atoms with Gasteiger partial charge in [0.1, 0.15) is 11.7 Å². The SMILES string of the molecule is CCOCCN1C2=C(C=CN(C)C2)C(C(F)(F)F)c2cc(F)ccc21. The molecule has 0 radical (unpaired) electrons. The molecular formula is C18H20F4N2O. The molecule has 25 heavy (non-hydrogen) atoms. The first-order valence-electron chi connectivity index (χ1n) is 8.16. The molecule has 0 N–H and O–H groups in total. The highest BCUT2D eigenvalue weighted by molar-refractivity contribution is 5.68. The van der Waals surface area contributed by atoms with E-state index >= 15 is 0 Å². The second-order valence-electron chi connectivity index (χ2n) is 6.16. The molecule has 1 atom stereocenters. The molecule has 1 aromatic rings. The van der Waals surface area contributed by atoms with Crippen LogP contribution in [0.1, 0.15) is 18.4 Å². The molecule has 3 nitrogen and oxygen atoms in total. The number of hydrogen-bond acceptors (Lipinski definition) is 3. The molecule has 1 aromatic carbocycles. The molecule has 0 saturated heterocycles. The first-order chi connectivity index (χ1) is 11.8. The van der Waals surface area contributed by atoms with Crippen LogP contribution in [0.4, 0.5) is 23.2 Å². The first kappa shape index (κ1) is 17.8. The molecule has 0 spiro atoms. The fourth-order valence-corrected chi connectivity index (χ4v) is 3.41. The number of fused-ring (bicyclic) bond motifs is 1. The lowest BCUT2D eigenvalue weighted by atomic mass is 9.83. The summed E-state index contributed by atoms with van der Waals surface area (Å²) in [5.74, 6) is -2.49. The minimum Gasteiger partial charge on any atom is -0.380 e. The maximum atomic E-state index is 13.8. The van der Waals surface area contributed by atoms with E-state index in [0.29, 0.717) is 37.7 Å². The van der Waals surface area contributed by atoms with Crippen LogP contribution in [-0.4, -0.2) is 44.4 Å². The van der Waals surface area contributed by atoms with Gasteiger partial charge in [0.25, 0.3) is 0 Å². The third-order valence-corrected chi connectivity index (χ3v) is 4.46. The molecular weight excluding hydrogens is 336 g/mol. The Balaban J connectivity index is 2.13. The minimum atomic E-state index is -4.49. The van der Waals surface area contributed by atoms with E-state index in [9.17, 15) is 17.6 Å². The van der Waals surface area contributed by atoms with Gasteiger partial charge in [-0.2, -0.15) is 13.2 Å². The van der Waals surface area contributed by atoms with E-state index in [1.807, 2.05) is 23.8 Å². The van der Waals surface area contributed by atoms with Crippen molar-refractivity contribution >= 4 is 5.69 Å². The van der Waals surface area contributed by atoms with Crippen molar-refractivity contribution in [1.82, 2.24) is 4.90 Å². The Bertz CT molecular complexity index is 712. The summed E-state index contributed by atoms with van der Waals surface area (Å²) in [5, 5.41) is 0. The van der Waals surface area contributed by atoms with E-state index in [1.165, 1.54) is 18.2 Å². The summed E-state index contributed by atoms with van der Waals surface area (Å²) in [6, 6.07) is 3.63. The van der Waals surface area contributed by atoms with Crippen LogP contribution in [0.3, 0.4) is 0 Å². The second kappa shape index (κ2) is 6.71. The van der Waals surface area contributed by atoms with Crippen LogP contribution in [0.25, 0.3) is 0 Å². The molecule has 0 saturated carbocycles. The molecule has 0 fully saturated rings. The van der Waals surface area contributed by atoms with Crippen molar-refractivity contribution in [2.24, 2.45) is 0 Å². The Hall–Kier alpha value is -2.02. The van der Waals surface area contributed by atoms with E-state index in [2.05, 4.69) is 0 Å². The topological polar surface area (TPSA) is 15.7 Å². The van der Waals surface area contributed by atoms with Gasteiger partial charge in [0.05, 0.1) is 13.2 Å². The largest absolute Gasteiger partial charge is 0.399 e. The van der Waals surface area contributed by atoms with Gasteiger partial charge in [-0.25, -0.2) is 4.39 Å². The Morgan fingerprint density at radius 1 is 1.28 bits per heavy atom. The van der Waals surface area contributed by atoms with Crippen molar-refractivity contribution in [3.8, 4) is 0 Å². The highest BCUT2D eigenvalue weighted by Gasteiger charge is 2.48. The van der Waals surface area contributed by atoms with Crippen molar-refractivity contribution < 1.29 is 22.3 Å². The number of benzene rings is 1. The monoisotopic (exact) mass is 356 g/mol. The van der Waals surface area contributed by atoms with Gasteiger partial charge in [0.15, 0.2) is 0 Å². The van der Waals surface area contributed by atoms with E-state index in [-0.39, 0.29) is 11.1 Å². The highest BCUT2D eigenvalue weighted by atomic mass is 19.4. The van der Waals surface area contributed by atoms with Crippen LogP contribution in [0.5, 0.6) is 0 Å². The summed E-state index contributed by atoms with van der Waals surface area (Å²) in [4.78, 5) is 3.65. The lowest BCUT2D eigenvalue weighted by Gasteiger charge is -2.42. The van der Waals surface area contributed by atoms with Gasteiger partial charge in [0.2, 0.25) is 0 Å². The summed E-state index contributed by atoms with van der Waals surface area (Å²) in [6.07, 6.45) is -1.38. The molecule has 0 amide bonds. The van der Waals surface area contributed by atoms with Crippen molar-refractivity contribution in [3.63, 3.8) is 0 Å². The Morgan fingerprint density at radius 3 is 2.72 bits per heavy atom. The number of hydrogen-bond donors (Lipinski definition) is 0. The molecule has 2 aliphatic rings. The van der Waals surface area contributed by atoms with Crippen LogP contribution < -0.4 is 4.90 Å². The lowest BCUT2D eigenvalue weighted by molar-refractivity contribution is -0.141. The molecule has 2 heterocycles. The van der Waals surface area contributed by atoms with Gasteiger partial charge in [0, 0.05) is 31.6 Å². The van der Waals surface area contributed by atoms with Crippen molar-refractivity contribution in [3.05, 3.63) is 53.1 Å². The van der Waals surface area contributed by atoms with E-state index in [0.717, 1.165) is 6.07 Å². The highest BCUT2D eigenvalue weighted by Crippen LogP contribution is 2.50. The maximum absolute atomic E-state index is 13.8. The molecule has 1 unspecified atom stereocenters. The lowest BCUT2D eigenvalue weighted by Crippen LogP contribution is -2.41. The molecule has 7 heteroatoms. The van der Waals surface area contributed by atoms with Crippen molar-refractivity contribution in [2.45, 2.75) is 19.0 Å². The maximum Gasteiger partial charge on any atom is 0.399 e. The van der Waals surface area contributed by atoms with Crippen LogP contribution in [0.2, 0.25) is 0 Å². The summed E-state index contributed by atoms with van der Waals surface area (Å²) in [7, 11) is 1.81. The van der Waals surface area contributed by atoms with Gasteiger partial charge in [-0.05, 0) is 48.5 Å². The standard InChI is InChI=1S/C18H20F4N2O/c1-3-25-9-8-24-15-5-4-12(19)10-14(15)17(18(20,21)22)13-6-7-23(2)11-16(13)24/h4-7,10,17H,3,8-9,11H2,1-2H3. The number of halogens is 4. The summed E-state index contributed by atoms with van der Waals surface area (Å²) in [5.41, 5.74) is 1.12. The number of nitrogens with zero attached hydrogens (tertiary/aromatic N) is 2. The first-order valence-corrected chi connectivity index (χ1v) is 8.16. The summed E-state index contributed by atoms with van der Waals surface area (Å²) < 4.78 is 60.5. The number of anilines is 1.